The number of rotatable bonds is 3. The fourth-order valence-corrected chi connectivity index (χ4v) is 2.27. The number of fused-ring (bicyclic) bond motifs is 1. The second-order valence-corrected chi connectivity index (χ2v) is 5.06. The third-order valence-electron chi connectivity index (χ3n) is 3.26. The van der Waals surface area contributed by atoms with E-state index in [1.165, 1.54) is 6.33 Å². The van der Waals surface area contributed by atoms with Crippen molar-refractivity contribution in [2.24, 2.45) is 7.05 Å². The average molecular weight is 304 g/mol. The molecule has 3 aromatic rings. The molecule has 0 atom stereocenters. The third-order valence-corrected chi connectivity index (χ3v) is 3.67. The minimum absolute atomic E-state index is 0.654. The van der Waals surface area contributed by atoms with Crippen LogP contribution in [-0.4, -0.2) is 26.9 Å². The summed E-state index contributed by atoms with van der Waals surface area (Å²) in [4.78, 5) is 8.49. The van der Waals surface area contributed by atoms with Gasteiger partial charge in [-0.3, -0.25) is 4.68 Å². The molecule has 2 aromatic heterocycles. The first kappa shape index (κ1) is 13.6. The van der Waals surface area contributed by atoms with Crippen molar-refractivity contribution in [2.45, 2.75) is 6.92 Å². The van der Waals surface area contributed by atoms with Gasteiger partial charge in [0.1, 0.15) is 17.9 Å². The maximum absolute atomic E-state index is 6.12. The number of halogens is 1. The van der Waals surface area contributed by atoms with Gasteiger partial charge >= 0.3 is 0 Å². The molecule has 21 heavy (non-hydrogen) atoms. The first-order chi connectivity index (χ1) is 10.1. The van der Waals surface area contributed by atoms with E-state index in [-0.39, 0.29) is 0 Å². The maximum Gasteiger partial charge on any atom is 0.163 e. The molecule has 0 amide bonds. The van der Waals surface area contributed by atoms with Crippen molar-refractivity contribution in [1.82, 2.24) is 19.7 Å². The maximum atomic E-state index is 6.12. The average Bonchev–Trinajstić information content (AvgIpc) is 2.85. The Labute approximate surface area is 126 Å². The smallest absolute Gasteiger partial charge is 0.163 e. The highest BCUT2D eigenvalue weighted by Crippen LogP contribution is 2.33. The van der Waals surface area contributed by atoms with Crippen LogP contribution in [0.25, 0.3) is 11.0 Å². The summed E-state index contributed by atoms with van der Waals surface area (Å²) in [7, 11) is 3.44. The van der Waals surface area contributed by atoms with Crippen LogP contribution in [0.2, 0.25) is 5.02 Å². The molecule has 2 heterocycles. The summed E-state index contributed by atoms with van der Waals surface area (Å²) in [5.41, 5.74) is 2.51. The number of aromatic nitrogens is 4. The van der Waals surface area contributed by atoms with Crippen LogP contribution in [0.3, 0.4) is 0 Å². The second-order valence-electron chi connectivity index (χ2n) is 4.65. The molecule has 1 N–H and O–H groups in total. The third kappa shape index (κ3) is 2.38. The lowest BCUT2D eigenvalue weighted by Crippen LogP contribution is -1.99. The van der Waals surface area contributed by atoms with Crippen molar-refractivity contribution in [2.75, 3.05) is 12.4 Å². The molecular formula is C14H14ClN5O. The van der Waals surface area contributed by atoms with Crippen LogP contribution < -0.4 is 10.1 Å². The molecule has 0 bridgehead atoms. The van der Waals surface area contributed by atoms with E-state index in [0.29, 0.717) is 16.6 Å². The summed E-state index contributed by atoms with van der Waals surface area (Å²) in [6, 6.07) is 3.70. The molecule has 0 saturated carbocycles. The van der Waals surface area contributed by atoms with Gasteiger partial charge in [0.05, 0.1) is 24.4 Å². The molecule has 0 radical (unpaired) electrons. The Kier molecular flexibility index (Phi) is 3.39. The Bertz CT molecular complexity index is 814. The van der Waals surface area contributed by atoms with E-state index in [9.17, 15) is 0 Å². The number of methoxy groups -OCH3 is 1. The van der Waals surface area contributed by atoms with E-state index in [1.54, 1.807) is 24.1 Å². The largest absolute Gasteiger partial charge is 0.495 e. The zero-order valence-electron chi connectivity index (χ0n) is 11.9. The van der Waals surface area contributed by atoms with Crippen molar-refractivity contribution in [3.8, 4) is 5.75 Å². The van der Waals surface area contributed by atoms with Gasteiger partial charge in [-0.05, 0) is 18.6 Å². The van der Waals surface area contributed by atoms with E-state index in [4.69, 9.17) is 16.3 Å². The summed E-state index contributed by atoms with van der Waals surface area (Å²) in [6.07, 6.45) is 3.23. The van der Waals surface area contributed by atoms with Crippen LogP contribution in [0.1, 0.15) is 5.56 Å². The fraction of sp³-hybridized carbons (Fsp3) is 0.214. The van der Waals surface area contributed by atoms with Gasteiger partial charge in [-0.2, -0.15) is 5.10 Å². The Hall–Kier alpha value is -2.34. The van der Waals surface area contributed by atoms with Crippen LogP contribution in [0, 0.1) is 6.92 Å². The van der Waals surface area contributed by atoms with Crippen molar-refractivity contribution in [3.05, 3.63) is 35.2 Å². The molecule has 6 nitrogen and oxygen atoms in total. The normalized spacial score (nSPS) is 10.9. The van der Waals surface area contributed by atoms with E-state index in [1.807, 2.05) is 20.0 Å². The lowest BCUT2D eigenvalue weighted by Gasteiger charge is -2.13. The van der Waals surface area contributed by atoms with Gasteiger partial charge in [0.2, 0.25) is 0 Å². The molecule has 0 aliphatic rings. The molecule has 3 rings (SSSR count). The first-order valence-corrected chi connectivity index (χ1v) is 6.72. The second kappa shape index (κ2) is 5.21. The first-order valence-electron chi connectivity index (χ1n) is 6.34. The van der Waals surface area contributed by atoms with Crippen LogP contribution in [-0.2, 0) is 7.05 Å². The Balaban J connectivity index is 2.08. The zero-order chi connectivity index (χ0) is 15.0. The quantitative estimate of drug-likeness (QED) is 0.805. The Morgan fingerprint density at radius 3 is 2.86 bits per heavy atom. The molecule has 0 unspecified atom stereocenters. The lowest BCUT2D eigenvalue weighted by atomic mass is 10.2. The summed E-state index contributed by atoms with van der Waals surface area (Å²) in [5.74, 6) is 1.33. The molecular weight excluding hydrogens is 290 g/mol. The topological polar surface area (TPSA) is 64.9 Å². The van der Waals surface area contributed by atoms with Crippen LogP contribution in [0.5, 0.6) is 5.75 Å². The molecule has 0 aliphatic heterocycles. The number of hydrogen-bond donors (Lipinski definition) is 1. The number of ether oxygens (including phenoxy) is 1. The van der Waals surface area contributed by atoms with Crippen LogP contribution >= 0.6 is 11.6 Å². The van der Waals surface area contributed by atoms with Gasteiger partial charge in [-0.15, -0.1) is 0 Å². The number of nitrogens with zero attached hydrogens (tertiary/aromatic N) is 4. The highest BCUT2D eigenvalue weighted by molar-refractivity contribution is 6.31. The predicted molar refractivity (Wildman–Crippen MR) is 82.3 cm³/mol. The molecule has 0 spiro atoms. The summed E-state index contributed by atoms with van der Waals surface area (Å²) in [6.45, 7) is 1.94. The number of anilines is 2. The molecule has 0 aliphatic carbocycles. The zero-order valence-corrected chi connectivity index (χ0v) is 12.6. The number of nitrogens with one attached hydrogen (secondary N) is 1. The summed E-state index contributed by atoms with van der Waals surface area (Å²) < 4.78 is 7.06. The van der Waals surface area contributed by atoms with E-state index >= 15 is 0 Å². The van der Waals surface area contributed by atoms with Crippen molar-refractivity contribution in [1.29, 1.82) is 0 Å². The molecule has 108 valence electrons. The van der Waals surface area contributed by atoms with Gasteiger partial charge in [-0.1, -0.05) is 11.6 Å². The van der Waals surface area contributed by atoms with Gasteiger partial charge in [-0.25, -0.2) is 9.97 Å². The predicted octanol–water partition coefficient (Wildman–Crippen LogP) is 3.08. The lowest BCUT2D eigenvalue weighted by molar-refractivity contribution is 0.416. The van der Waals surface area contributed by atoms with Crippen LogP contribution in [0.4, 0.5) is 11.5 Å². The summed E-state index contributed by atoms with van der Waals surface area (Å²) >= 11 is 6.12. The highest BCUT2D eigenvalue weighted by Gasteiger charge is 2.12. The van der Waals surface area contributed by atoms with E-state index in [2.05, 4.69) is 20.4 Å². The van der Waals surface area contributed by atoms with Gasteiger partial charge in [0, 0.05) is 18.1 Å². The van der Waals surface area contributed by atoms with Gasteiger partial charge in [0.25, 0.3) is 0 Å². The Morgan fingerprint density at radius 2 is 2.10 bits per heavy atom. The van der Waals surface area contributed by atoms with E-state index in [0.717, 1.165) is 22.3 Å². The molecule has 1 aromatic carbocycles. The number of benzene rings is 1. The number of hydrogen-bond acceptors (Lipinski definition) is 5. The van der Waals surface area contributed by atoms with Crippen molar-refractivity contribution < 1.29 is 4.74 Å². The van der Waals surface area contributed by atoms with Gasteiger partial charge < -0.3 is 10.1 Å². The summed E-state index contributed by atoms with van der Waals surface area (Å²) in [5, 5.41) is 8.95. The molecule has 0 fully saturated rings. The van der Waals surface area contributed by atoms with Gasteiger partial charge in [0.15, 0.2) is 5.65 Å². The van der Waals surface area contributed by atoms with Crippen LogP contribution in [0.15, 0.2) is 24.7 Å². The standard InChI is InChI=1S/C14H14ClN5O/c1-8-4-11(12(21-3)5-10(8)15)19-13-9-6-18-20(2)14(9)17-7-16-13/h4-7H,1-3H3,(H,16,17,19). The fourth-order valence-electron chi connectivity index (χ4n) is 2.12. The van der Waals surface area contributed by atoms with E-state index < -0.39 is 0 Å². The Morgan fingerprint density at radius 1 is 1.29 bits per heavy atom. The molecule has 7 heteroatoms. The minimum atomic E-state index is 0.654. The van der Waals surface area contributed by atoms with Crippen molar-refractivity contribution >= 4 is 34.1 Å². The number of aryl methyl sites for hydroxylation is 2. The SMILES string of the molecule is COc1cc(Cl)c(C)cc1Nc1ncnc2c1cnn2C. The minimum Gasteiger partial charge on any atom is -0.495 e. The highest BCUT2D eigenvalue weighted by atomic mass is 35.5. The molecule has 0 saturated heterocycles. The monoisotopic (exact) mass is 303 g/mol. The van der Waals surface area contributed by atoms with Crippen molar-refractivity contribution in [3.63, 3.8) is 0 Å².